The summed E-state index contributed by atoms with van der Waals surface area (Å²) in [4.78, 5) is 4.35. The summed E-state index contributed by atoms with van der Waals surface area (Å²) in [7, 11) is 4.35. The zero-order valence-corrected chi connectivity index (χ0v) is 9.63. The third-order valence-corrected chi connectivity index (χ3v) is 2.65. The smallest absolute Gasteiger partial charge is 0.119 e. The Hall–Kier alpha value is -1.40. The van der Waals surface area contributed by atoms with Gasteiger partial charge in [-0.1, -0.05) is 18.2 Å². The van der Waals surface area contributed by atoms with Crippen molar-refractivity contribution in [1.82, 2.24) is 4.98 Å². The van der Waals surface area contributed by atoms with Gasteiger partial charge in [-0.3, -0.25) is 4.98 Å². The number of ether oxygens (including phenoxy) is 1. The van der Waals surface area contributed by atoms with Gasteiger partial charge in [0.1, 0.15) is 5.75 Å². The monoisotopic (exact) mass is 217 g/mol. The van der Waals surface area contributed by atoms with Gasteiger partial charge < -0.3 is 4.74 Å². The molecule has 0 aliphatic heterocycles. The van der Waals surface area contributed by atoms with E-state index in [1.54, 1.807) is 13.3 Å². The lowest BCUT2D eigenvalue weighted by Crippen LogP contribution is -1.98. The summed E-state index contributed by atoms with van der Waals surface area (Å²) in [6.45, 7) is 0. The minimum Gasteiger partial charge on any atom is -0.497 e. The Kier molecular flexibility index (Phi) is 2.98. The van der Waals surface area contributed by atoms with Crippen molar-refractivity contribution in [2.45, 2.75) is 0 Å². The largest absolute Gasteiger partial charge is 0.497 e. The number of aromatic nitrogens is 1. The maximum absolute atomic E-state index is 5.18. The highest BCUT2D eigenvalue weighted by molar-refractivity contribution is 7.27. The fourth-order valence-corrected chi connectivity index (χ4v) is 1.78. The van der Waals surface area contributed by atoms with Gasteiger partial charge in [-0.15, -0.1) is 9.24 Å². The number of methoxy groups -OCH3 is 1. The van der Waals surface area contributed by atoms with Gasteiger partial charge in [0.25, 0.3) is 0 Å². The van der Waals surface area contributed by atoms with E-state index in [2.05, 4.69) is 14.2 Å². The summed E-state index contributed by atoms with van der Waals surface area (Å²) < 4.78 is 5.18. The molecule has 15 heavy (non-hydrogen) atoms. The van der Waals surface area contributed by atoms with Crippen LogP contribution in [0.2, 0.25) is 0 Å². The van der Waals surface area contributed by atoms with Gasteiger partial charge in [-0.25, -0.2) is 0 Å². The van der Waals surface area contributed by atoms with Gasteiger partial charge in [0.15, 0.2) is 0 Å². The highest BCUT2D eigenvalue weighted by atomic mass is 31.0. The van der Waals surface area contributed by atoms with Crippen molar-refractivity contribution in [3.05, 3.63) is 42.6 Å². The predicted molar refractivity (Wildman–Crippen MR) is 65.6 cm³/mol. The maximum atomic E-state index is 5.18. The summed E-state index contributed by atoms with van der Waals surface area (Å²) in [5.41, 5.74) is 2.04. The molecule has 2 aromatic rings. The number of rotatable bonds is 2. The van der Waals surface area contributed by atoms with Crippen molar-refractivity contribution in [2.75, 3.05) is 7.11 Å². The van der Waals surface area contributed by atoms with Gasteiger partial charge in [0.05, 0.1) is 12.8 Å². The van der Waals surface area contributed by atoms with E-state index >= 15 is 0 Å². The minimum atomic E-state index is 0.850. The molecule has 0 saturated carbocycles. The van der Waals surface area contributed by atoms with Gasteiger partial charge >= 0.3 is 0 Å². The van der Waals surface area contributed by atoms with Crippen molar-refractivity contribution in [2.24, 2.45) is 0 Å². The molecule has 0 fully saturated rings. The third-order valence-electron chi connectivity index (χ3n) is 2.18. The molecule has 1 unspecified atom stereocenters. The first-order valence-corrected chi connectivity index (χ1v) is 5.24. The summed E-state index contributed by atoms with van der Waals surface area (Å²) in [5, 5.41) is 1.09. The molecule has 0 aliphatic carbocycles. The Bertz CT molecular complexity index is 471. The van der Waals surface area contributed by atoms with Crippen molar-refractivity contribution in [3.63, 3.8) is 0 Å². The van der Waals surface area contributed by atoms with Gasteiger partial charge in [0.2, 0.25) is 0 Å². The van der Waals surface area contributed by atoms with E-state index in [0.717, 1.165) is 22.3 Å². The summed E-state index contributed by atoms with van der Waals surface area (Å²) in [6.07, 6.45) is 1.79. The number of nitrogens with zero attached hydrogens (tertiary/aromatic N) is 1. The Morgan fingerprint density at radius 2 is 2.07 bits per heavy atom. The molecule has 2 rings (SSSR count). The van der Waals surface area contributed by atoms with E-state index < -0.39 is 0 Å². The lowest BCUT2D eigenvalue weighted by molar-refractivity contribution is 0.415. The van der Waals surface area contributed by atoms with Crippen LogP contribution in [0.4, 0.5) is 0 Å². The van der Waals surface area contributed by atoms with Gasteiger partial charge in [0, 0.05) is 11.8 Å². The highest BCUT2D eigenvalue weighted by Gasteiger charge is 2.03. The van der Waals surface area contributed by atoms with Crippen LogP contribution >= 0.6 is 9.24 Å². The molecule has 0 radical (unpaired) electrons. The molecule has 76 valence electrons. The van der Waals surface area contributed by atoms with Crippen molar-refractivity contribution < 1.29 is 4.74 Å². The molecule has 0 amide bonds. The quantitative estimate of drug-likeness (QED) is 0.720. The van der Waals surface area contributed by atoms with Crippen LogP contribution in [0.5, 0.6) is 5.75 Å². The molecule has 1 atom stereocenters. The van der Waals surface area contributed by atoms with Crippen LogP contribution in [0.15, 0.2) is 42.6 Å². The Morgan fingerprint density at radius 1 is 1.20 bits per heavy atom. The lowest BCUT2D eigenvalue weighted by atomic mass is 10.1. The van der Waals surface area contributed by atoms with Crippen LogP contribution < -0.4 is 10.0 Å². The Morgan fingerprint density at radius 3 is 2.80 bits per heavy atom. The van der Waals surface area contributed by atoms with E-state index in [0.29, 0.717) is 0 Å². The number of hydrogen-bond acceptors (Lipinski definition) is 2. The second-order valence-corrected chi connectivity index (χ2v) is 3.80. The van der Waals surface area contributed by atoms with Crippen molar-refractivity contribution in [1.29, 1.82) is 0 Å². The summed E-state index contributed by atoms with van der Waals surface area (Å²) in [5.74, 6) is 0.850. The molecule has 2 nitrogen and oxygen atoms in total. The molecule has 0 aliphatic rings. The molecular weight excluding hydrogens is 205 g/mol. The molecule has 1 aromatic carbocycles. The standard InChI is InChI=1S/C12H12NOP/c1-14-10-5-2-4-9(8-10)12-11(15)6-3-7-13-12/h2-8H,15H2,1H3. The summed E-state index contributed by atoms with van der Waals surface area (Å²) in [6, 6.07) is 11.8. The van der Waals surface area contributed by atoms with E-state index in [9.17, 15) is 0 Å². The van der Waals surface area contributed by atoms with E-state index in [-0.39, 0.29) is 0 Å². The van der Waals surface area contributed by atoms with Gasteiger partial charge in [-0.2, -0.15) is 0 Å². The van der Waals surface area contributed by atoms with Crippen LogP contribution in [0.25, 0.3) is 11.3 Å². The first kappa shape index (κ1) is 10.1. The van der Waals surface area contributed by atoms with E-state index in [1.165, 1.54) is 0 Å². The van der Waals surface area contributed by atoms with Crippen molar-refractivity contribution >= 4 is 14.5 Å². The second kappa shape index (κ2) is 4.41. The average molecular weight is 217 g/mol. The summed E-state index contributed by atoms with van der Waals surface area (Å²) >= 11 is 0. The van der Waals surface area contributed by atoms with E-state index in [4.69, 9.17) is 4.74 Å². The van der Waals surface area contributed by atoms with Crippen LogP contribution in [0, 0.1) is 0 Å². The minimum absolute atomic E-state index is 0.850. The normalized spacial score (nSPS) is 10.0. The molecule has 0 spiro atoms. The third kappa shape index (κ3) is 2.16. The highest BCUT2D eigenvalue weighted by Crippen LogP contribution is 2.21. The zero-order chi connectivity index (χ0) is 10.7. The number of benzene rings is 1. The number of pyridine rings is 1. The maximum Gasteiger partial charge on any atom is 0.119 e. The Labute approximate surface area is 91.5 Å². The zero-order valence-electron chi connectivity index (χ0n) is 8.47. The fraction of sp³-hybridized carbons (Fsp3) is 0.0833. The topological polar surface area (TPSA) is 22.1 Å². The van der Waals surface area contributed by atoms with Crippen LogP contribution in [0.3, 0.4) is 0 Å². The lowest BCUT2D eigenvalue weighted by Gasteiger charge is -2.05. The molecular formula is C12H12NOP. The van der Waals surface area contributed by atoms with Crippen LogP contribution in [-0.4, -0.2) is 12.1 Å². The Balaban J connectivity index is 2.49. The first-order chi connectivity index (χ1) is 7.31. The molecule has 1 heterocycles. The molecule has 0 N–H and O–H groups in total. The molecule has 0 bridgehead atoms. The second-order valence-electron chi connectivity index (χ2n) is 3.17. The number of hydrogen-bond donors (Lipinski definition) is 0. The first-order valence-electron chi connectivity index (χ1n) is 4.66. The fourth-order valence-electron chi connectivity index (χ4n) is 1.43. The molecule has 0 saturated heterocycles. The van der Waals surface area contributed by atoms with Crippen LogP contribution in [0.1, 0.15) is 0 Å². The van der Waals surface area contributed by atoms with Crippen LogP contribution in [-0.2, 0) is 0 Å². The van der Waals surface area contributed by atoms with Crippen molar-refractivity contribution in [3.8, 4) is 17.0 Å². The van der Waals surface area contributed by atoms with E-state index in [1.807, 2.05) is 36.4 Å². The molecule has 1 aromatic heterocycles. The van der Waals surface area contributed by atoms with Gasteiger partial charge in [-0.05, 0) is 23.5 Å². The predicted octanol–water partition coefficient (Wildman–Crippen LogP) is 2.26. The molecule has 3 heteroatoms. The SMILES string of the molecule is COc1cccc(-c2ncccc2P)c1. The average Bonchev–Trinajstić information content (AvgIpc) is 2.30.